The number of aryl methyl sites for hydroxylation is 1. The third-order valence-electron chi connectivity index (χ3n) is 3.13. The van der Waals surface area contributed by atoms with Crippen LogP contribution in [-0.2, 0) is 0 Å². The quantitative estimate of drug-likeness (QED) is 0.801. The van der Waals surface area contributed by atoms with Gasteiger partial charge in [-0.2, -0.15) is 5.10 Å². The average molecular weight is 284 g/mol. The van der Waals surface area contributed by atoms with Crippen molar-refractivity contribution in [2.24, 2.45) is 0 Å². The average Bonchev–Trinajstić information content (AvgIpc) is 3.11. The van der Waals surface area contributed by atoms with Crippen LogP contribution >= 0.6 is 11.3 Å². The Morgan fingerprint density at radius 3 is 2.70 bits per heavy atom. The van der Waals surface area contributed by atoms with Gasteiger partial charge in [-0.15, -0.1) is 11.3 Å². The summed E-state index contributed by atoms with van der Waals surface area (Å²) >= 11 is 1.67. The predicted octanol–water partition coefficient (Wildman–Crippen LogP) is 2.95. The standard InChI is InChI=1S/C15H16N4S/c1-11-10-20-15(18-11)14(16-2)12-8-17-19(9-12)13-6-4-3-5-7-13/h3-10,14,16H,1-2H3. The fourth-order valence-electron chi connectivity index (χ4n) is 2.15. The largest absolute Gasteiger partial charge is 0.307 e. The van der Waals surface area contributed by atoms with Crippen molar-refractivity contribution in [3.05, 3.63) is 64.4 Å². The molecule has 1 aromatic carbocycles. The lowest BCUT2D eigenvalue weighted by molar-refractivity contribution is 0.684. The molecule has 0 aliphatic heterocycles. The smallest absolute Gasteiger partial charge is 0.114 e. The molecule has 20 heavy (non-hydrogen) atoms. The molecule has 5 heteroatoms. The van der Waals surface area contributed by atoms with Crippen LogP contribution in [0.4, 0.5) is 0 Å². The third kappa shape index (κ3) is 2.50. The van der Waals surface area contributed by atoms with E-state index in [1.807, 2.05) is 61.4 Å². The van der Waals surface area contributed by atoms with E-state index in [4.69, 9.17) is 0 Å². The first-order valence-corrected chi connectivity index (χ1v) is 7.35. The van der Waals surface area contributed by atoms with Gasteiger partial charge in [-0.1, -0.05) is 18.2 Å². The summed E-state index contributed by atoms with van der Waals surface area (Å²) < 4.78 is 1.89. The van der Waals surface area contributed by atoms with E-state index in [2.05, 4.69) is 20.8 Å². The monoisotopic (exact) mass is 284 g/mol. The summed E-state index contributed by atoms with van der Waals surface area (Å²) in [5.74, 6) is 0. The molecule has 1 N–H and O–H groups in total. The van der Waals surface area contributed by atoms with E-state index in [9.17, 15) is 0 Å². The summed E-state index contributed by atoms with van der Waals surface area (Å²) in [6, 6.07) is 10.2. The zero-order valence-electron chi connectivity index (χ0n) is 11.4. The first-order chi connectivity index (χ1) is 9.78. The summed E-state index contributed by atoms with van der Waals surface area (Å²) in [4.78, 5) is 4.56. The van der Waals surface area contributed by atoms with Crippen molar-refractivity contribution in [2.75, 3.05) is 7.05 Å². The van der Waals surface area contributed by atoms with Crippen molar-refractivity contribution in [2.45, 2.75) is 13.0 Å². The van der Waals surface area contributed by atoms with E-state index in [1.54, 1.807) is 11.3 Å². The van der Waals surface area contributed by atoms with Gasteiger partial charge in [-0.25, -0.2) is 9.67 Å². The van der Waals surface area contributed by atoms with Crippen LogP contribution in [0.3, 0.4) is 0 Å². The third-order valence-corrected chi connectivity index (χ3v) is 4.16. The molecule has 0 saturated carbocycles. The van der Waals surface area contributed by atoms with Crippen LogP contribution in [0.25, 0.3) is 5.69 Å². The number of rotatable bonds is 4. The van der Waals surface area contributed by atoms with E-state index in [0.29, 0.717) is 0 Å². The molecule has 3 rings (SSSR count). The zero-order chi connectivity index (χ0) is 13.9. The summed E-state index contributed by atoms with van der Waals surface area (Å²) in [7, 11) is 1.95. The topological polar surface area (TPSA) is 42.7 Å². The van der Waals surface area contributed by atoms with Crippen LogP contribution in [0, 0.1) is 6.92 Å². The van der Waals surface area contributed by atoms with Crippen LogP contribution in [0.1, 0.15) is 22.3 Å². The van der Waals surface area contributed by atoms with Crippen molar-refractivity contribution in [3.8, 4) is 5.69 Å². The van der Waals surface area contributed by atoms with Gasteiger partial charge < -0.3 is 5.32 Å². The number of hydrogen-bond acceptors (Lipinski definition) is 4. The Hall–Kier alpha value is -1.98. The van der Waals surface area contributed by atoms with Gasteiger partial charge in [-0.05, 0) is 26.1 Å². The Morgan fingerprint density at radius 2 is 2.05 bits per heavy atom. The number of thiazole rings is 1. The SMILES string of the molecule is CNC(c1cnn(-c2ccccc2)c1)c1nc(C)cs1. The van der Waals surface area contributed by atoms with Crippen molar-refractivity contribution < 1.29 is 0 Å². The second kappa shape index (κ2) is 5.56. The molecule has 4 nitrogen and oxygen atoms in total. The number of para-hydroxylation sites is 1. The zero-order valence-corrected chi connectivity index (χ0v) is 12.3. The van der Waals surface area contributed by atoms with Crippen LogP contribution in [0.2, 0.25) is 0 Å². The highest BCUT2D eigenvalue weighted by molar-refractivity contribution is 7.09. The van der Waals surface area contributed by atoms with E-state index in [1.165, 1.54) is 0 Å². The minimum Gasteiger partial charge on any atom is -0.307 e. The predicted molar refractivity (Wildman–Crippen MR) is 81.3 cm³/mol. The number of nitrogens with one attached hydrogen (secondary N) is 1. The normalized spacial score (nSPS) is 12.5. The molecule has 0 saturated heterocycles. The van der Waals surface area contributed by atoms with Crippen molar-refractivity contribution in [1.82, 2.24) is 20.1 Å². The van der Waals surface area contributed by atoms with Crippen LogP contribution in [0.15, 0.2) is 48.1 Å². The Labute approximate surface area is 122 Å². The van der Waals surface area contributed by atoms with Crippen LogP contribution in [0.5, 0.6) is 0 Å². The van der Waals surface area contributed by atoms with E-state index >= 15 is 0 Å². The summed E-state index contributed by atoms with van der Waals surface area (Å²) in [6.07, 6.45) is 3.94. The minimum absolute atomic E-state index is 0.0890. The molecule has 1 atom stereocenters. The fraction of sp³-hybridized carbons (Fsp3) is 0.200. The highest BCUT2D eigenvalue weighted by Gasteiger charge is 2.17. The minimum atomic E-state index is 0.0890. The van der Waals surface area contributed by atoms with Gasteiger partial charge in [0.15, 0.2) is 0 Å². The Balaban J connectivity index is 1.92. The maximum Gasteiger partial charge on any atom is 0.114 e. The highest BCUT2D eigenvalue weighted by atomic mass is 32.1. The molecule has 3 aromatic rings. The maximum atomic E-state index is 4.56. The van der Waals surface area contributed by atoms with Gasteiger partial charge in [-0.3, -0.25) is 0 Å². The van der Waals surface area contributed by atoms with Crippen LogP contribution < -0.4 is 5.32 Å². The second-order valence-electron chi connectivity index (χ2n) is 4.60. The van der Waals surface area contributed by atoms with Gasteiger partial charge >= 0.3 is 0 Å². The van der Waals surface area contributed by atoms with Gasteiger partial charge in [0, 0.05) is 22.8 Å². The maximum absolute atomic E-state index is 4.56. The van der Waals surface area contributed by atoms with Crippen molar-refractivity contribution in [3.63, 3.8) is 0 Å². The molecule has 2 heterocycles. The first-order valence-electron chi connectivity index (χ1n) is 6.47. The van der Waals surface area contributed by atoms with Crippen molar-refractivity contribution in [1.29, 1.82) is 0 Å². The molecule has 0 fully saturated rings. The Morgan fingerprint density at radius 1 is 1.25 bits per heavy atom. The van der Waals surface area contributed by atoms with Gasteiger partial charge in [0.05, 0.1) is 17.9 Å². The molecule has 0 radical (unpaired) electrons. The lowest BCUT2D eigenvalue weighted by Crippen LogP contribution is -2.16. The molecule has 0 amide bonds. The lowest BCUT2D eigenvalue weighted by atomic mass is 10.2. The van der Waals surface area contributed by atoms with E-state index < -0.39 is 0 Å². The lowest BCUT2D eigenvalue weighted by Gasteiger charge is -2.10. The highest BCUT2D eigenvalue weighted by Crippen LogP contribution is 2.25. The molecule has 0 spiro atoms. The summed E-state index contributed by atoms with van der Waals surface area (Å²) in [6.45, 7) is 2.01. The van der Waals surface area contributed by atoms with E-state index in [0.717, 1.165) is 22.0 Å². The summed E-state index contributed by atoms with van der Waals surface area (Å²) in [5.41, 5.74) is 3.23. The van der Waals surface area contributed by atoms with Gasteiger partial charge in [0.1, 0.15) is 5.01 Å². The van der Waals surface area contributed by atoms with Crippen LogP contribution in [-0.4, -0.2) is 21.8 Å². The first kappa shape index (κ1) is 13.0. The Bertz CT molecular complexity index is 687. The molecular weight excluding hydrogens is 268 g/mol. The van der Waals surface area contributed by atoms with E-state index in [-0.39, 0.29) is 6.04 Å². The number of nitrogens with zero attached hydrogens (tertiary/aromatic N) is 3. The molecule has 1 unspecified atom stereocenters. The fourth-order valence-corrected chi connectivity index (χ4v) is 3.08. The number of aromatic nitrogens is 3. The van der Waals surface area contributed by atoms with Gasteiger partial charge in [0.25, 0.3) is 0 Å². The summed E-state index contributed by atoms with van der Waals surface area (Å²) in [5, 5.41) is 10.9. The molecule has 2 aromatic heterocycles. The number of benzene rings is 1. The second-order valence-corrected chi connectivity index (χ2v) is 5.49. The number of hydrogen-bond donors (Lipinski definition) is 1. The molecule has 0 aliphatic rings. The van der Waals surface area contributed by atoms with Crippen molar-refractivity contribution >= 4 is 11.3 Å². The molecule has 0 aliphatic carbocycles. The molecule has 102 valence electrons. The van der Waals surface area contributed by atoms with Gasteiger partial charge in [0.2, 0.25) is 0 Å². The molecular formula is C15H16N4S. The Kier molecular flexibility index (Phi) is 3.62. The molecule has 0 bridgehead atoms.